The SMILES string of the molecule is CCCCCCCCCC[N+]1(C)CCN(c2ccncc2)CC1.[I-]. The molecule has 3 nitrogen and oxygen atoms in total. The average molecular weight is 445 g/mol. The highest BCUT2D eigenvalue weighted by atomic mass is 127. The van der Waals surface area contributed by atoms with Gasteiger partial charge in [0.15, 0.2) is 0 Å². The average Bonchev–Trinajstić information content (AvgIpc) is 2.59. The van der Waals surface area contributed by atoms with Gasteiger partial charge in [0.2, 0.25) is 0 Å². The molecule has 2 rings (SSSR count). The standard InChI is InChI=1S/C20H36N3.HI/c1-3-4-5-6-7-8-9-10-17-23(2)18-15-22(16-19-23)20-11-13-21-14-12-20;/h11-14H,3-10,15-19H2,1-2H3;1H/q+1;/p-1. The van der Waals surface area contributed by atoms with Crippen molar-refractivity contribution in [2.45, 2.75) is 58.3 Å². The zero-order valence-electron chi connectivity index (χ0n) is 15.7. The Morgan fingerprint density at radius 3 is 2.04 bits per heavy atom. The zero-order valence-corrected chi connectivity index (χ0v) is 17.9. The first-order valence-corrected chi connectivity index (χ1v) is 9.72. The van der Waals surface area contributed by atoms with Gasteiger partial charge in [0.1, 0.15) is 0 Å². The highest BCUT2D eigenvalue weighted by molar-refractivity contribution is 5.44. The van der Waals surface area contributed by atoms with E-state index in [1.165, 1.54) is 94.3 Å². The largest absolute Gasteiger partial charge is 1.00 e. The second kappa shape index (κ2) is 12.1. The fourth-order valence-corrected chi connectivity index (χ4v) is 3.61. The maximum Gasteiger partial charge on any atom is 0.0963 e. The summed E-state index contributed by atoms with van der Waals surface area (Å²) in [4.78, 5) is 6.63. The Kier molecular flexibility index (Phi) is 10.9. The Hall–Kier alpha value is -0.360. The Bertz CT molecular complexity index is 416. The molecule has 1 saturated heterocycles. The zero-order chi connectivity index (χ0) is 16.4. The number of pyridine rings is 1. The molecule has 2 heterocycles. The normalized spacial score (nSPS) is 16.7. The van der Waals surface area contributed by atoms with Gasteiger partial charge in [-0.05, 0) is 25.0 Å². The highest BCUT2D eigenvalue weighted by Crippen LogP contribution is 2.19. The molecule has 0 N–H and O–H groups in total. The van der Waals surface area contributed by atoms with Crippen LogP contribution in [0, 0.1) is 0 Å². The lowest BCUT2D eigenvalue weighted by Gasteiger charge is -2.43. The molecule has 0 saturated carbocycles. The van der Waals surface area contributed by atoms with Crippen molar-refractivity contribution < 1.29 is 28.5 Å². The molecule has 1 aliphatic heterocycles. The number of anilines is 1. The van der Waals surface area contributed by atoms with Crippen molar-refractivity contribution in [1.82, 2.24) is 4.98 Å². The number of likely N-dealkylation sites (N-methyl/N-ethyl adjacent to an activating group) is 1. The second-order valence-corrected chi connectivity index (χ2v) is 7.46. The maximum atomic E-state index is 4.12. The molecule has 0 amide bonds. The van der Waals surface area contributed by atoms with Crippen LogP contribution in [0.1, 0.15) is 58.3 Å². The van der Waals surface area contributed by atoms with Crippen LogP contribution in [0.5, 0.6) is 0 Å². The van der Waals surface area contributed by atoms with Gasteiger partial charge >= 0.3 is 0 Å². The summed E-state index contributed by atoms with van der Waals surface area (Å²) in [6.07, 6.45) is 15.2. The van der Waals surface area contributed by atoms with E-state index in [4.69, 9.17) is 0 Å². The van der Waals surface area contributed by atoms with Crippen molar-refractivity contribution in [1.29, 1.82) is 0 Å². The molecule has 0 bridgehead atoms. The molecular weight excluding hydrogens is 409 g/mol. The van der Waals surface area contributed by atoms with Crippen LogP contribution >= 0.6 is 0 Å². The molecule has 1 fully saturated rings. The van der Waals surface area contributed by atoms with Crippen molar-refractivity contribution in [3.8, 4) is 0 Å². The van der Waals surface area contributed by atoms with Crippen LogP contribution < -0.4 is 28.9 Å². The fourth-order valence-electron chi connectivity index (χ4n) is 3.61. The second-order valence-electron chi connectivity index (χ2n) is 7.46. The van der Waals surface area contributed by atoms with E-state index in [0.29, 0.717) is 0 Å². The van der Waals surface area contributed by atoms with E-state index in [1.807, 2.05) is 12.4 Å². The molecule has 1 aromatic rings. The lowest BCUT2D eigenvalue weighted by molar-refractivity contribution is -0.910. The number of nitrogens with zero attached hydrogens (tertiary/aromatic N) is 3. The number of rotatable bonds is 10. The molecule has 138 valence electrons. The van der Waals surface area contributed by atoms with Crippen LogP contribution in [0.15, 0.2) is 24.5 Å². The first kappa shape index (κ1) is 21.7. The first-order chi connectivity index (χ1) is 11.2. The van der Waals surface area contributed by atoms with Gasteiger partial charge in [0.25, 0.3) is 0 Å². The van der Waals surface area contributed by atoms with Gasteiger partial charge in [-0.2, -0.15) is 0 Å². The number of hydrogen-bond donors (Lipinski definition) is 0. The quantitative estimate of drug-likeness (QED) is 0.308. The third kappa shape index (κ3) is 7.68. The van der Waals surface area contributed by atoms with Crippen LogP contribution in [0.2, 0.25) is 0 Å². The van der Waals surface area contributed by atoms with E-state index >= 15 is 0 Å². The number of hydrogen-bond acceptors (Lipinski definition) is 2. The molecule has 0 aliphatic carbocycles. The predicted molar refractivity (Wildman–Crippen MR) is 99.8 cm³/mol. The molecule has 0 unspecified atom stereocenters. The van der Waals surface area contributed by atoms with Crippen molar-refractivity contribution in [3.05, 3.63) is 24.5 Å². The van der Waals surface area contributed by atoms with Gasteiger partial charge < -0.3 is 33.4 Å². The molecule has 1 aliphatic rings. The van der Waals surface area contributed by atoms with Crippen LogP contribution in [0.25, 0.3) is 0 Å². The topological polar surface area (TPSA) is 16.1 Å². The van der Waals surface area contributed by atoms with Crippen molar-refractivity contribution in [2.75, 3.05) is 44.7 Å². The highest BCUT2D eigenvalue weighted by Gasteiger charge is 2.28. The molecule has 0 aromatic carbocycles. The van der Waals surface area contributed by atoms with Gasteiger partial charge in [-0.15, -0.1) is 0 Å². The van der Waals surface area contributed by atoms with E-state index in [1.54, 1.807) is 0 Å². The summed E-state index contributed by atoms with van der Waals surface area (Å²) in [6.45, 7) is 8.56. The Morgan fingerprint density at radius 2 is 1.46 bits per heavy atom. The lowest BCUT2D eigenvalue weighted by Crippen LogP contribution is -3.00. The minimum Gasteiger partial charge on any atom is -1.00 e. The molecule has 0 spiro atoms. The summed E-state index contributed by atoms with van der Waals surface area (Å²) in [6, 6.07) is 4.27. The molecule has 0 atom stereocenters. The summed E-state index contributed by atoms with van der Waals surface area (Å²) >= 11 is 0. The van der Waals surface area contributed by atoms with Crippen LogP contribution in [0.4, 0.5) is 5.69 Å². The Labute approximate surface area is 166 Å². The smallest absolute Gasteiger partial charge is 0.0963 e. The number of aromatic nitrogens is 1. The first-order valence-electron chi connectivity index (χ1n) is 9.72. The molecule has 0 radical (unpaired) electrons. The third-order valence-electron chi connectivity index (χ3n) is 5.40. The van der Waals surface area contributed by atoms with E-state index in [-0.39, 0.29) is 24.0 Å². The Balaban J connectivity index is 0.00000288. The Morgan fingerprint density at radius 1 is 0.917 bits per heavy atom. The summed E-state index contributed by atoms with van der Waals surface area (Å²) in [7, 11) is 2.45. The number of halogens is 1. The van der Waals surface area contributed by atoms with E-state index < -0.39 is 0 Å². The summed E-state index contributed by atoms with van der Waals surface area (Å²) in [5, 5.41) is 0. The fraction of sp³-hybridized carbons (Fsp3) is 0.750. The molecule has 24 heavy (non-hydrogen) atoms. The maximum absolute atomic E-state index is 4.12. The lowest BCUT2D eigenvalue weighted by atomic mass is 10.1. The van der Waals surface area contributed by atoms with Crippen LogP contribution in [-0.2, 0) is 0 Å². The monoisotopic (exact) mass is 445 g/mol. The van der Waals surface area contributed by atoms with Crippen molar-refractivity contribution >= 4 is 5.69 Å². The van der Waals surface area contributed by atoms with Gasteiger partial charge in [-0.1, -0.05) is 45.4 Å². The minimum absolute atomic E-state index is 0. The van der Waals surface area contributed by atoms with Crippen molar-refractivity contribution in [3.63, 3.8) is 0 Å². The number of unbranched alkanes of at least 4 members (excludes halogenated alkanes) is 7. The number of quaternary nitrogens is 1. The number of piperazine rings is 1. The minimum atomic E-state index is 0. The van der Waals surface area contributed by atoms with Crippen LogP contribution in [0.3, 0.4) is 0 Å². The van der Waals surface area contributed by atoms with Gasteiger partial charge in [0.05, 0.1) is 39.8 Å². The molecule has 1 aromatic heterocycles. The van der Waals surface area contributed by atoms with E-state index in [2.05, 4.69) is 36.0 Å². The van der Waals surface area contributed by atoms with Gasteiger partial charge in [-0.25, -0.2) is 0 Å². The predicted octanol–water partition coefficient (Wildman–Crippen LogP) is 1.49. The summed E-state index contributed by atoms with van der Waals surface area (Å²) in [5.41, 5.74) is 1.33. The van der Waals surface area contributed by atoms with E-state index in [9.17, 15) is 0 Å². The molecular formula is C20H36IN3. The van der Waals surface area contributed by atoms with Gasteiger partial charge in [-0.3, -0.25) is 4.98 Å². The van der Waals surface area contributed by atoms with E-state index in [0.717, 1.165) is 0 Å². The summed E-state index contributed by atoms with van der Waals surface area (Å²) < 4.78 is 1.26. The molecule has 4 heteroatoms. The summed E-state index contributed by atoms with van der Waals surface area (Å²) in [5.74, 6) is 0. The third-order valence-corrected chi connectivity index (χ3v) is 5.40. The van der Waals surface area contributed by atoms with Crippen molar-refractivity contribution in [2.24, 2.45) is 0 Å². The van der Waals surface area contributed by atoms with Gasteiger partial charge in [0, 0.05) is 18.1 Å². The van der Waals surface area contributed by atoms with Crippen LogP contribution in [-0.4, -0.2) is 49.2 Å².